The number of H-pyrrole nitrogens is 1. The Morgan fingerprint density at radius 2 is 1.93 bits per heavy atom. The second-order valence-electron chi connectivity index (χ2n) is 11.0. The maximum Gasteiger partial charge on any atom is 0.280 e. The van der Waals surface area contributed by atoms with Crippen molar-refractivity contribution in [2.45, 2.75) is 56.3 Å². The van der Waals surface area contributed by atoms with Gasteiger partial charge in [0, 0.05) is 60.5 Å². The zero-order chi connectivity index (χ0) is 28.0. The van der Waals surface area contributed by atoms with Crippen LogP contribution in [0.2, 0.25) is 5.02 Å². The molecule has 2 atom stereocenters. The van der Waals surface area contributed by atoms with Crippen LogP contribution in [0.15, 0.2) is 24.3 Å². The van der Waals surface area contributed by atoms with E-state index in [2.05, 4.69) is 32.5 Å². The van der Waals surface area contributed by atoms with Crippen LogP contribution < -0.4 is 10.6 Å². The number of methoxy groups -OCH3 is 1. The molecule has 1 aliphatic carbocycles. The van der Waals surface area contributed by atoms with E-state index < -0.39 is 11.6 Å². The first-order valence-electron chi connectivity index (χ1n) is 13.7. The molecule has 1 saturated carbocycles. The number of hydrogen-bond donors (Lipinski definition) is 3. The molecule has 2 fully saturated rings. The lowest BCUT2D eigenvalue weighted by Crippen LogP contribution is -2.64. The first kappa shape index (κ1) is 29.8. The Labute approximate surface area is 253 Å². The van der Waals surface area contributed by atoms with Crippen molar-refractivity contribution in [2.75, 3.05) is 33.8 Å². The van der Waals surface area contributed by atoms with E-state index in [0.29, 0.717) is 41.5 Å². The van der Waals surface area contributed by atoms with Crippen molar-refractivity contribution < 1.29 is 19.1 Å². The summed E-state index contributed by atoms with van der Waals surface area (Å²) in [6, 6.07) is 6.29. The number of carbonyl (C=O) groups excluding carboxylic acids is 3. The third-order valence-electron chi connectivity index (χ3n) is 8.42. The van der Waals surface area contributed by atoms with Crippen molar-refractivity contribution in [1.82, 2.24) is 30.4 Å². The number of likely N-dealkylation sites (N-methyl/N-ethyl adjacent to an activating group) is 1. The summed E-state index contributed by atoms with van der Waals surface area (Å²) in [4.78, 5) is 53.0. The molecular formula is C28H34Cl2N6O4S. The molecule has 0 radical (unpaired) electrons. The smallest absolute Gasteiger partial charge is 0.280 e. The summed E-state index contributed by atoms with van der Waals surface area (Å²) < 4.78 is 5.64. The van der Waals surface area contributed by atoms with Gasteiger partial charge in [-0.2, -0.15) is 0 Å². The molecule has 3 N–H and O–H groups in total. The Balaban J connectivity index is 0.00000337. The molecule has 0 spiro atoms. The van der Waals surface area contributed by atoms with Gasteiger partial charge in [0.05, 0.1) is 17.8 Å². The lowest BCUT2D eigenvalue weighted by atomic mass is 9.78. The zero-order valence-corrected chi connectivity index (χ0v) is 25.4. The molecule has 10 nitrogen and oxygen atoms in total. The number of ether oxygens (including phenoxy) is 1. The van der Waals surface area contributed by atoms with Gasteiger partial charge in [-0.25, -0.2) is 4.98 Å². The summed E-state index contributed by atoms with van der Waals surface area (Å²) >= 11 is 7.53. The fourth-order valence-corrected chi connectivity index (χ4v) is 7.14. The van der Waals surface area contributed by atoms with Gasteiger partial charge < -0.3 is 30.2 Å². The van der Waals surface area contributed by atoms with Gasteiger partial charge >= 0.3 is 0 Å². The highest BCUT2D eigenvalue weighted by Crippen LogP contribution is 2.37. The van der Waals surface area contributed by atoms with Crippen LogP contribution in [0.5, 0.6) is 0 Å². The van der Waals surface area contributed by atoms with E-state index in [1.807, 2.05) is 6.07 Å². The van der Waals surface area contributed by atoms with Gasteiger partial charge in [-0.15, -0.1) is 23.7 Å². The highest BCUT2D eigenvalue weighted by atomic mass is 35.5. The van der Waals surface area contributed by atoms with Crippen LogP contribution >= 0.6 is 35.3 Å². The zero-order valence-electron chi connectivity index (χ0n) is 23.0. The van der Waals surface area contributed by atoms with Crippen LogP contribution in [-0.2, 0) is 22.5 Å². The number of hydrogen-bond acceptors (Lipinski definition) is 7. The van der Waals surface area contributed by atoms with Crippen molar-refractivity contribution in [3.63, 3.8) is 0 Å². The van der Waals surface area contributed by atoms with Gasteiger partial charge in [0.25, 0.3) is 17.7 Å². The fourth-order valence-electron chi connectivity index (χ4n) is 5.87. The summed E-state index contributed by atoms with van der Waals surface area (Å²) in [5.41, 5.74) is 1.41. The Kier molecular flexibility index (Phi) is 8.63. The number of rotatable bonds is 6. The first-order chi connectivity index (χ1) is 19.2. The van der Waals surface area contributed by atoms with Crippen LogP contribution in [0.3, 0.4) is 0 Å². The maximum absolute atomic E-state index is 13.4. The lowest BCUT2D eigenvalue weighted by molar-refractivity contribution is -0.167. The monoisotopic (exact) mass is 620 g/mol. The number of nitrogens with one attached hydrogen (secondary N) is 3. The van der Waals surface area contributed by atoms with Crippen molar-refractivity contribution in [2.24, 2.45) is 0 Å². The van der Waals surface area contributed by atoms with Crippen LogP contribution in [0.4, 0.5) is 0 Å². The molecule has 3 aliphatic rings. The molecule has 1 aromatic carbocycles. The van der Waals surface area contributed by atoms with Crippen molar-refractivity contribution >= 4 is 64.0 Å². The van der Waals surface area contributed by atoms with E-state index in [9.17, 15) is 14.4 Å². The van der Waals surface area contributed by atoms with Gasteiger partial charge in [0.1, 0.15) is 11.3 Å². The van der Waals surface area contributed by atoms with E-state index in [1.54, 1.807) is 30.2 Å². The maximum atomic E-state index is 13.4. The second kappa shape index (κ2) is 11.9. The number of piperidine rings is 1. The minimum absolute atomic E-state index is 0. The molecule has 6 rings (SSSR count). The van der Waals surface area contributed by atoms with Crippen LogP contribution in [-0.4, -0.2) is 89.0 Å². The Hall–Kier alpha value is -2.70. The SMILES string of the molecule is COC1(C(=O)N2CCC(NC(=O)c3cc4cc(Cl)ccc4[nH]3)C(NC(=O)c3nc4c(s3)CN(C)CC4)C2)CCC1.Cl. The fraction of sp³-hybridized carbons (Fsp3) is 0.500. The third kappa shape index (κ3) is 5.83. The number of aromatic nitrogens is 2. The quantitative estimate of drug-likeness (QED) is 0.389. The number of likely N-dealkylation sites (tertiary alicyclic amines) is 1. The highest BCUT2D eigenvalue weighted by Gasteiger charge is 2.48. The van der Waals surface area contributed by atoms with E-state index in [0.717, 1.165) is 47.4 Å². The molecular weight excluding hydrogens is 587 g/mol. The number of fused-ring (bicyclic) bond motifs is 2. The number of benzene rings is 1. The topological polar surface area (TPSA) is 120 Å². The summed E-state index contributed by atoms with van der Waals surface area (Å²) in [6.45, 7) is 2.42. The number of halogens is 2. The average molecular weight is 622 g/mol. The summed E-state index contributed by atoms with van der Waals surface area (Å²) in [5.74, 6) is -0.618. The minimum atomic E-state index is -0.781. The molecule has 0 bridgehead atoms. The van der Waals surface area contributed by atoms with Gasteiger partial charge in [0.2, 0.25) is 0 Å². The van der Waals surface area contributed by atoms with Gasteiger partial charge in [-0.1, -0.05) is 11.6 Å². The standard InChI is InChI=1S/C28H33ClN6O4S.ClH/c1-34-10-6-20-23(15-34)40-26(33-20)25(37)32-22-14-35(27(38)28(39-2)8-3-9-28)11-7-19(22)31-24(36)21-13-16-12-17(29)4-5-18(16)30-21;/h4-5,12-13,19,22,30H,3,6-11,14-15H2,1-2H3,(H,31,36)(H,32,37);1H. The summed E-state index contributed by atoms with van der Waals surface area (Å²) in [6.07, 6.45) is 3.65. The second-order valence-corrected chi connectivity index (χ2v) is 12.6. The van der Waals surface area contributed by atoms with E-state index in [-0.39, 0.29) is 42.7 Å². The number of aromatic amines is 1. The van der Waals surface area contributed by atoms with Crippen LogP contribution in [0, 0.1) is 0 Å². The Morgan fingerprint density at radius 1 is 1.15 bits per heavy atom. The number of amides is 3. The van der Waals surface area contributed by atoms with Gasteiger partial charge in [-0.3, -0.25) is 14.4 Å². The predicted octanol–water partition coefficient (Wildman–Crippen LogP) is 3.39. The molecule has 4 heterocycles. The molecule has 220 valence electrons. The van der Waals surface area contributed by atoms with Gasteiger partial charge in [-0.05, 0) is 57.0 Å². The average Bonchev–Trinajstić information content (AvgIpc) is 3.53. The van der Waals surface area contributed by atoms with Crippen LogP contribution in [0.1, 0.15) is 56.5 Å². The summed E-state index contributed by atoms with van der Waals surface area (Å²) in [7, 11) is 3.64. The largest absolute Gasteiger partial charge is 0.368 e. The van der Waals surface area contributed by atoms with Crippen LogP contribution in [0.25, 0.3) is 10.9 Å². The molecule has 2 unspecified atom stereocenters. The molecule has 2 aromatic heterocycles. The molecule has 3 amide bonds. The molecule has 3 aromatic rings. The normalized spacial score (nSPS) is 21.9. The molecule has 2 aliphatic heterocycles. The van der Waals surface area contributed by atoms with Crippen molar-refractivity contribution in [3.8, 4) is 0 Å². The number of thiazole rings is 1. The van der Waals surface area contributed by atoms with E-state index >= 15 is 0 Å². The Bertz CT molecular complexity index is 1470. The Morgan fingerprint density at radius 3 is 2.66 bits per heavy atom. The number of carbonyl (C=O) groups is 3. The summed E-state index contributed by atoms with van der Waals surface area (Å²) in [5, 5.41) is 8.05. The third-order valence-corrected chi connectivity index (χ3v) is 9.73. The predicted molar refractivity (Wildman–Crippen MR) is 160 cm³/mol. The number of nitrogens with zero attached hydrogens (tertiary/aromatic N) is 3. The lowest BCUT2D eigenvalue weighted by Gasteiger charge is -2.46. The van der Waals surface area contributed by atoms with Gasteiger partial charge in [0.15, 0.2) is 5.01 Å². The molecule has 41 heavy (non-hydrogen) atoms. The van der Waals surface area contributed by atoms with E-state index in [1.165, 1.54) is 11.3 Å². The van der Waals surface area contributed by atoms with Crippen molar-refractivity contribution in [3.05, 3.63) is 50.6 Å². The van der Waals surface area contributed by atoms with E-state index in [4.69, 9.17) is 16.3 Å². The minimum Gasteiger partial charge on any atom is -0.368 e. The molecule has 1 saturated heterocycles. The van der Waals surface area contributed by atoms with Crippen molar-refractivity contribution in [1.29, 1.82) is 0 Å². The highest BCUT2D eigenvalue weighted by molar-refractivity contribution is 7.13. The first-order valence-corrected chi connectivity index (χ1v) is 14.9. The molecule has 13 heteroatoms.